The molecule has 2 aliphatic heterocycles. The molecular weight excluding hydrogens is 502 g/mol. The normalized spacial score (nSPS) is 19.4. The molecule has 2 aliphatic rings. The quantitative estimate of drug-likeness (QED) is 0.588. The second-order valence-corrected chi connectivity index (χ2v) is 12.7. The van der Waals surface area contributed by atoms with Crippen LogP contribution in [-0.4, -0.2) is 66.1 Å². The van der Waals surface area contributed by atoms with Gasteiger partial charge >= 0.3 is 0 Å². The summed E-state index contributed by atoms with van der Waals surface area (Å²) in [5, 5.41) is 4.80. The van der Waals surface area contributed by atoms with Crippen LogP contribution in [-0.2, 0) is 24.4 Å². The fraction of sp³-hybridized carbons (Fsp3) is 0.500. The standard InChI is InChI=1S/C24H31N5O5S2/c1-24(2,3)29-15-17(14-20(29)30)22(32)28-11-8-16(9-12-28)21(31)26-18-4-6-19(7-5-18)36(33,34)27-23-25-10-13-35-23/h4-7,10,13,16-17H,8-9,11-12,14-15H2,1-3H3,(H,25,27)(H,26,31). The number of hydrogen-bond donors (Lipinski definition) is 2. The highest BCUT2D eigenvalue weighted by molar-refractivity contribution is 7.93. The molecule has 0 bridgehead atoms. The van der Waals surface area contributed by atoms with Crippen molar-refractivity contribution in [3.8, 4) is 0 Å². The molecule has 2 N–H and O–H groups in total. The van der Waals surface area contributed by atoms with E-state index < -0.39 is 10.0 Å². The zero-order valence-corrected chi connectivity index (χ0v) is 22.2. The van der Waals surface area contributed by atoms with E-state index in [4.69, 9.17) is 0 Å². The predicted octanol–water partition coefficient (Wildman–Crippen LogP) is 2.77. The third kappa shape index (κ3) is 5.86. The number of piperidine rings is 1. The summed E-state index contributed by atoms with van der Waals surface area (Å²) in [6.45, 7) is 7.27. The molecule has 36 heavy (non-hydrogen) atoms. The van der Waals surface area contributed by atoms with Gasteiger partial charge in [-0.05, 0) is 57.9 Å². The summed E-state index contributed by atoms with van der Waals surface area (Å²) < 4.78 is 27.3. The van der Waals surface area contributed by atoms with Crippen molar-refractivity contribution in [1.82, 2.24) is 14.8 Å². The highest BCUT2D eigenvalue weighted by atomic mass is 32.2. The van der Waals surface area contributed by atoms with E-state index in [1.54, 1.807) is 27.3 Å². The summed E-state index contributed by atoms with van der Waals surface area (Å²) >= 11 is 1.18. The van der Waals surface area contributed by atoms with Gasteiger partial charge in [0, 0.05) is 54.8 Å². The predicted molar refractivity (Wildman–Crippen MR) is 137 cm³/mol. The van der Waals surface area contributed by atoms with E-state index in [0.717, 1.165) is 0 Å². The second kappa shape index (κ2) is 10.2. The largest absolute Gasteiger partial charge is 0.342 e. The highest BCUT2D eigenvalue weighted by Crippen LogP contribution is 2.29. The van der Waals surface area contributed by atoms with E-state index in [0.29, 0.717) is 38.2 Å². The number of carbonyl (C=O) groups excluding carboxylic acids is 3. The molecule has 1 aromatic carbocycles. The maximum atomic E-state index is 13.0. The van der Waals surface area contributed by atoms with Gasteiger partial charge in [0.05, 0.1) is 10.8 Å². The Kier molecular flexibility index (Phi) is 7.37. The topological polar surface area (TPSA) is 129 Å². The Morgan fingerprint density at radius 2 is 1.75 bits per heavy atom. The average molecular weight is 534 g/mol. The van der Waals surface area contributed by atoms with Crippen LogP contribution in [0.15, 0.2) is 40.7 Å². The first-order valence-electron chi connectivity index (χ1n) is 11.9. The molecule has 194 valence electrons. The van der Waals surface area contributed by atoms with Gasteiger partial charge < -0.3 is 15.1 Å². The van der Waals surface area contributed by atoms with E-state index >= 15 is 0 Å². The SMILES string of the molecule is CC(C)(C)N1CC(C(=O)N2CCC(C(=O)Nc3ccc(S(=O)(=O)Nc4nccs4)cc3)CC2)CC1=O. The van der Waals surface area contributed by atoms with Crippen molar-refractivity contribution in [1.29, 1.82) is 0 Å². The van der Waals surface area contributed by atoms with Crippen molar-refractivity contribution in [3.05, 3.63) is 35.8 Å². The molecule has 0 saturated carbocycles. The third-order valence-electron chi connectivity index (χ3n) is 6.55. The van der Waals surface area contributed by atoms with Crippen molar-refractivity contribution < 1.29 is 22.8 Å². The lowest BCUT2D eigenvalue weighted by Gasteiger charge is -2.34. The van der Waals surface area contributed by atoms with Crippen LogP contribution in [0.5, 0.6) is 0 Å². The Balaban J connectivity index is 1.28. The molecule has 1 atom stereocenters. The first-order valence-corrected chi connectivity index (χ1v) is 14.2. The van der Waals surface area contributed by atoms with E-state index in [1.807, 2.05) is 20.8 Å². The fourth-order valence-corrected chi connectivity index (χ4v) is 6.34. The second-order valence-electron chi connectivity index (χ2n) is 10.1. The molecule has 10 nitrogen and oxygen atoms in total. The number of nitrogens with one attached hydrogen (secondary N) is 2. The van der Waals surface area contributed by atoms with Crippen LogP contribution in [0.25, 0.3) is 0 Å². The molecule has 2 saturated heterocycles. The molecule has 3 amide bonds. The summed E-state index contributed by atoms with van der Waals surface area (Å²) in [6.07, 6.45) is 2.82. The molecule has 4 rings (SSSR count). The van der Waals surface area contributed by atoms with E-state index in [2.05, 4.69) is 15.0 Å². The molecule has 2 aromatic rings. The Hall–Kier alpha value is -2.99. The number of sulfonamides is 1. The van der Waals surface area contributed by atoms with Gasteiger partial charge in [0.1, 0.15) is 0 Å². The molecule has 0 radical (unpaired) electrons. The molecule has 1 aromatic heterocycles. The monoisotopic (exact) mass is 533 g/mol. The molecule has 0 spiro atoms. The number of amides is 3. The molecular formula is C24H31N5O5S2. The van der Waals surface area contributed by atoms with Crippen LogP contribution in [0.3, 0.4) is 0 Å². The van der Waals surface area contributed by atoms with E-state index in [9.17, 15) is 22.8 Å². The highest BCUT2D eigenvalue weighted by Gasteiger charge is 2.41. The minimum atomic E-state index is -3.76. The number of aromatic nitrogens is 1. The number of benzene rings is 1. The minimum Gasteiger partial charge on any atom is -0.342 e. The van der Waals surface area contributed by atoms with Crippen molar-refractivity contribution in [2.75, 3.05) is 29.7 Å². The van der Waals surface area contributed by atoms with Crippen molar-refractivity contribution in [2.45, 2.75) is 50.5 Å². The maximum absolute atomic E-state index is 13.0. The third-order valence-corrected chi connectivity index (χ3v) is 8.72. The van der Waals surface area contributed by atoms with Gasteiger partial charge in [0.25, 0.3) is 10.0 Å². The van der Waals surface area contributed by atoms with Gasteiger partial charge in [-0.3, -0.25) is 19.1 Å². The van der Waals surface area contributed by atoms with Gasteiger partial charge in [-0.1, -0.05) is 0 Å². The molecule has 3 heterocycles. The number of likely N-dealkylation sites (tertiary alicyclic amines) is 2. The zero-order valence-electron chi connectivity index (χ0n) is 20.6. The van der Waals surface area contributed by atoms with Crippen molar-refractivity contribution in [3.63, 3.8) is 0 Å². The summed E-state index contributed by atoms with van der Waals surface area (Å²) in [5.74, 6) is -0.749. The summed E-state index contributed by atoms with van der Waals surface area (Å²) in [5.41, 5.74) is 0.190. The van der Waals surface area contributed by atoms with Crippen molar-refractivity contribution in [2.24, 2.45) is 11.8 Å². The Bertz CT molecular complexity index is 1210. The van der Waals surface area contributed by atoms with Crippen LogP contribution >= 0.6 is 11.3 Å². The lowest BCUT2D eigenvalue weighted by molar-refractivity contribution is -0.138. The van der Waals surface area contributed by atoms with Crippen LogP contribution < -0.4 is 10.0 Å². The molecule has 1 unspecified atom stereocenters. The zero-order chi connectivity index (χ0) is 26.1. The maximum Gasteiger partial charge on any atom is 0.263 e. The smallest absolute Gasteiger partial charge is 0.263 e. The minimum absolute atomic E-state index is 0.00732. The van der Waals surface area contributed by atoms with Crippen LogP contribution in [0, 0.1) is 11.8 Å². The molecule has 0 aliphatic carbocycles. The summed E-state index contributed by atoms with van der Waals surface area (Å²) in [6, 6.07) is 5.95. The lowest BCUT2D eigenvalue weighted by atomic mass is 9.94. The lowest BCUT2D eigenvalue weighted by Crippen LogP contribution is -2.46. The van der Waals surface area contributed by atoms with Gasteiger partial charge in [-0.15, -0.1) is 11.3 Å². The van der Waals surface area contributed by atoms with Crippen LogP contribution in [0.4, 0.5) is 10.8 Å². The van der Waals surface area contributed by atoms with E-state index in [-0.39, 0.29) is 51.5 Å². The Labute approximate surface area is 215 Å². The number of thiazole rings is 1. The Morgan fingerprint density at radius 1 is 1.08 bits per heavy atom. The molecule has 2 fully saturated rings. The fourth-order valence-electron chi connectivity index (χ4n) is 4.55. The van der Waals surface area contributed by atoms with Crippen molar-refractivity contribution >= 4 is 49.9 Å². The summed E-state index contributed by atoms with van der Waals surface area (Å²) in [7, 11) is -3.76. The van der Waals surface area contributed by atoms with Gasteiger partial charge in [0.2, 0.25) is 17.7 Å². The number of nitrogens with zero attached hydrogens (tertiary/aromatic N) is 3. The van der Waals surface area contributed by atoms with Crippen LogP contribution in [0.1, 0.15) is 40.0 Å². The van der Waals surface area contributed by atoms with Gasteiger partial charge in [-0.25, -0.2) is 13.4 Å². The molecule has 12 heteroatoms. The average Bonchev–Trinajstić information content (AvgIpc) is 3.48. The number of hydrogen-bond acceptors (Lipinski definition) is 7. The van der Waals surface area contributed by atoms with E-state index in [1.165, 1.54) is 29.7 Å². The number of carbonyl (C=O) groups is 3. The Morgan fingerprint density at radius 3 is 2.31 bits per heavy atom. The van der Waals surface area contributed by atoms with Crippen LogP contribution in [0.2, 0.25) is 0 Å². The number of anilines is 2. The van der Waals surface area contributed by atoms with Gasteiger partial charge in [0.15, 0.2) is 5.13 Å². The van der Waals surface area contributed by atoms with Gasteiger partial charge in [-0.2, -0.15) is 0 Å². The first-order chi connectivity index (χ1) is 16.9. The number of rotatable bonds is 6. The first kappa shape index (κ1) is 26.1. The summed E-state index contributed by atoms with van der Waals surface area (Å²) in [4.78, 5) is 45.6.